The van der Waals surface area contributed by atoms with Crippen molar-refractivity contribution in [1.82, 2.24) is 9.47 Å². The van der Waals surface area contributed by atoms with E-state index in [0.717, 1.165) is 39.4 Å². The van der Waals surface area contributed by atoms with E-state index in [0.29, 0.717) is 17.7 Å². The first kappa shape index (κ1) is 30.1. The summed E-state index contributed by atoms with van der Waals surface area (Å²) >= 11 is 0. The van der Waals surface area contributed by atoms with Crippen LogP contribution < -0.4 is 11.1 Å². The second-order valence-electron chi connectivity index (χ2n) is 10.7. The zero-order chi connectivity index (χ0) is 31.2. The molecule has 0 aliphatic carbocycles. The zero-order valence-electron chi connectivity index (χ0n) is 24.3. The molecule has 1 aromatic heterocycles. The van der Waals surface area contributed by atoms with Gasteiger partial charge in [-0.1, -0.05) is 48.5 Å². The van der Waals surface area contributed by atoms with Gasteiger partial charge in [-0.3, -0.25) is 9.59 Å². The number of phenolic OH excluding ortho intramolecular Hbond substituents is 2. The topological polar surface area (TPSA) is 138 Å². The van der Waals surface area contributed by atoms with Crippen molar-refractivity contribution in [3.8, 4) is 22.6 Å². The first-order valence-electron chi connectivity index (χ1n) is 14.3. The first-order chi connectivity index (χ1) is 21.2. The van der Waals surface area contributed by atoms with Gasteiger partial charge in [-0.25, -0.2) is 0 Å². The minimum atomic E-state index is -0.808. The van der Waals surface area contributed by atoms with E-state index >= 15 is 0 Å². The fourth-order valence-corrected chi connectivity index (χ4v) is 5.39. The maximum absolute atomic E-state index is 13.5. The van der Waals surface area contributed by atoms with E-state index in [9.17, 15) is 24.6 Å². The number of nitrogens with one attached hydrogen (secondary N) is 1. The number of rotatable bonds is 11. The molecule has 224 valence electrons. The van der Waals surface area contributed by atoms with Gasteiger partial charge in [0.15, 0.2) is 0 Å². The van der Waals surface area contributed by atoms with E-state index in [1.54, 1.807) is 53.4 Å². The summed E-state index contributed by atoms with van der Waals surface area (Å²) in [5.41, 5.74) is 11.9. The molecule has 5 aromatic rings. The van der Waals surface area contributed by atoms with Crippen molar-refractivity contribution in [3.63, 3.8) is 0 Å². The number of benzene rings is 4. The molecule has 44 heavy (non-hydrogen) atoms. The largest absolute Gasteiger partial charge is 0.508 e. The van der Waals surface area contributed by atoms with Crippen LogP contribution in [0.4, 0.5) is 5.69 Å². The molecule has 0 fully saturated rings. The summed E-state index contributed by atoms with van der Waals surface area (Å²) in [6, 6.07) is 25.4. The smallest absolute Gasteiger partial charge is 0.255 e. The summed E-state index contributed by atoms with van der Waals surface area (Å²) in [5, 5.41) is 23.0. The van der Waals surface area contributed by atoms with E-state index in [4.69, 9.17) is 5.73 Å². The van der Waals surface area contributed by atoms with Gasteiger partial charge in [-0.2, -0.15) is 0 Å². The number of nitrogens with two attached hydrogens (primary N) is 1. The van der Waals surface area contributed by atoms with Crippen molar-refractivity contribution in [1.29, 1.82) is 0 Å². The number of amides is 2. The maximum atomic E-state index is 13.5. The molecule has 9 heteroatoms. The number of hydrogen-bond acceptors (Lipinski definition) is 6. The fourth-order valence-electron chi connectivity index (χ4n) is 5.39. The van der Waals surface area contributed by atoms with Gasteiger partial charge in [0.05, 0.1) is 11.6 Å². The number of nitrogens with zero attached hydrogens (tertiary/aromatic N) is 2. The predicted molar refractivity (Wildman–Crippen MR) is 170 cm³/mol. The number of aldehydes is 1. The van der Waals surface area contributed by atoms with Gasteiger partial charge in [-0.05, 0) is 59.5 Å². The van der Waals surface area contributed by atoms with Gasteiger partial charge in [-0.15, -0.1) is 0 Å². The predicted octanol–water partition coefficient (Wildman–Crippen LogP) is 5.00. The van der Waals surface area contributed by atoms with Crippen LogP contribution in [0.3, 0.4) is 0 Å². The number of fused-ring (bicyclic) bond motifs is 1. The second-order valence-corrected chi connectivity index (χ2v) is 10.7. The number of phenols is 2. The van der Waals surface area contributed by atoms with Gasteiger partial charge in [0.25, 0.3) is 5.91 Å². The number of anilines is 1. The van der Waals surface area contributed by atoms with Crippen molar-refractivity contribution in [2.75, 3.05) is 11.9 Å². The summed E-state index contributed by atoms with van der Waals surface area (Å²) < 4.78 is 2.02. The van der Waals surface area contributed by atoms with E-state index in [1.165, 1.54) is 12.1 Å². The van der Waals surface area contributed by atoms with Crippen molar-refractivity contribution in [2.24, 2.45) is 12.8 Å². The molecule has 0 aliphatic heterocycles. The molecule has 5 N–H and O–H groups in total. The highest BCUT2D eigenvalue weighted by atomic mass is 16.3. The highest BCUT2D eigenvalue weighted by molar-refractivity contribution is 6.05. The molecular formula is C35H34N4O5. The maximum Gasteiger partial charge on any atom is 0.255 e. The molecule has 1 heterocycles. The molecule has 0 saturated heterocycles. The summed E-state index contributed by atoms with van der Waals surface area (Å²) in [4.78, 5) is 39.1. The minimum Gasteiger partial charge on any atom is -0.508 e. The van der Waals surface area contributed by atoms with Gasteiger partial charge >= 0.3 is 0 Å². The molecule has 0 saturated carbocycles. The molecule has 2 amide bonds. The van der Waals surface area contributed by atoms with Crippen molar-refractivity contribution in [3.05, 3.63) is 114 Å². The molecule has 0 spiro atoms. The van der Waals surface area contributed by atoms with Crippen LogP contribution in [0.1, 0.15) is 27.9 Å². The van der Waals surface area contributed by atoms with Crippen LogP contribution in [0, 0.1) is 0 Å². The van der Waals surface area contributed by atoms with Crippen molar-refractivity contribution in [2.45, 2.75) is 25.4 Å². The van der Waals surface area contributed by atoms with Crippen LogP contribution in [0.5, 0.6) is 11.5 Å². The Balaban J connectivity index is 1.37. The second kappa shape index (κ2) is 13.3. The SMILES string of the molecule is Cn1cc(-c2ccc(C(=O)Nc3cccc(O)c3)cc2)c2cccc(CN(CCC=O)C(=O)[C@@H](N)Cc3ccc(O)cc3)c21. The van der Waals surface area contributed by atoms with Crippen molar-refractivity contribution >= 4 is 34.7 Å². The van der Waals surface area contributed by atoms with Gasteiger partial charge in [0, 0.05) is 61.0 Å². The Bertz CT molecular complexity index is 1790. The molecule has 0 aliphatic rings. The standard InChI is InChI=1S/C35H34N4O5/c1-38-22-31(24-11-13-25(14-12-24)34(43)37-27-6-3-7-29(42)20-27)30-8-2-5-26(33(30)38)21-39(17-4-18-40)35(44)32(36)19-23-9-15-28(41)16-10-23/h2-3,5-16,18,20,22,32,41-42H,4,17,19,21,36H2,1H3,(H,37,43)/t32-/m0/s1. The van der Waals surface area contributed by atoms with E-state index in [-0.39, 0.29) is 42.8 Å². The molecular weight excluding hydrogens is 556 g/mol. The van der Waals surface area contributed by atoms with Crippen LogP contribution in [0.2, 0.25) is 0 Å². The summed E-state index contributed by atoms with van der Waals surface area (Å²) in [6.45, 7) is 0.518. The van der Waals surface area contributed by atoms with Gasteiger partial charge in [0.1, 0.15) is 17.8 Å². The number of hydrogen-bond donors (Lipinski definition) is 4. The number of carbonyl (C=O) groups is 3. The molecule has 0 radical (unpaired) electrons. The lowest BCUT2D eigenvalue weighted by molar-refractivity contribution is -0.133. The Kier molecular flexibility index (Phi) is 9.06. The zero-order valence-corrected chi connectivity index (χ0v) is 24.3. The number of aryl methyl sites for hydroxylation is 1. The summed E-state index contributed by atoms with van der Waals surface area (Å²) in [6.07, 6.45) is 3.30. The number of aromatic hydroxyl groups is 2. The third-order valence-corrected chi connectivity index (χ3v) is 7.55. The van der Waals surface area contributed by atoms with E-state index < -0.39 is 6.04 Å². The third-order valence-electron chi connectivity index (χ3n) is 7.55. The van der Waals surface area contributed by atoms with Crippen LogP contribution >= 0.6 is 0 Å². The normalized spacial score (nSPS) is 11.7. The average Bonchev–Trinajstić information content (AvgIpc) is 3.37. The number of para-hydroxylation sites is 1. The molecule has 5 rings (SSSR count). The molecule has 4 aromatic carbocycles. The molecule has 0 bridgehead atoms. The Morgan fingerprint density at radius 1 is 0.955 bits per heavy atom. The third kappa shape index (κ3) is 6.79. The van der Waals surface area contributed by atoms with E-state index in [2.05, 4.69) is 5.32 Å². The Hall–Kier alpha value is -5.41. The minimum absolute atomic E-state index is 0.0709. The summed E-state index contributed by atoms with van der Waals surface area (Å²) in [7, 11) is 1.95. The van der Waals surface area contributed by atoms with Gasteiger partial charge < -0.3 is 35.5 Å². The average molecular weight is 591 g/mol. The van der Waals surface area contributed by atoms with Gasteiger partial charge in [0.2, 0.25) is 5.91 Å². The Morgan fingerprint density at radius 2 is 1.68 bits per heavy atom. The Labute approximate surface area is 255 Å². The van der Waals surface area contributed by atoms with Crippen LogP contribution in [0.15, 0.2) is 97.2 Å². The van der Waals surface area contributed by atoms with Crippen LogP contribution in [0.25, 0.3) is 22.0 Å². The fraction of sp³-hybridized carbons (Fsp3) is 0.171. The number of carbonyl (C=O) groups excluding carboxylic acids is 3. The van der Waals surface area contributed by atoms with Crippen LogP contribution in [-0.2, 0) is 29.6 Å². The molecule has 9 nitrogen and oxygen atoms in total. The van der Waals surface area contributed by atoms with Crippen molar-refractivity contribution < 1.29 is 24.6 Å². The lowest BCUT2D eigenvalue weighted by atomic mass is 10.0. The van der Waals surface area contributed by atoms with E-state index in [1.807, 2.05) is 48.1 Å². The summed E-state index contributed by atoms with van der Waals surface area (Å²) in [5.74, 6) is -0.332. The lowest BCUT2D eigenvalue weighted by Crippen LogP contribution is -2.45. The quantitative estimate of drug-likeness (QED) is 0.160. The highest BCUT2D eigenvalue weighted by Gasteiger charge is 2.23. The Morgan fingerprint density at radius 3 is 2.39 bits per heavy atom. The monoisotopic (exact) mass is 590 g/mol. The highest BCUT2D eigenvalue weighted by Crippen LogP contribution is 2.33. The molecule has 0 unspecified atom stereocenters. The lowest BCUT2D eigenvalue weighted by Gasteiger charge is -2.26. The number of aromatic nitrogens is 1. The van der Waals surface area contributed by atoms with Crippen LogP contribution in [-0.4, -0.2) is 50.4 Å². The first-order valence-corrected chi connectivity index (χ1v) is 14.3. The molecule has 1 atom stereocenters.